The van der Waals surface area contributed by atoms with Crippen molar-refractivity contribution in [1.82, 2.24) is 14.9 Å². The van der Waals surface area contributed by atoms with Crippen LogP contribution >= 0.6 is 0 Å². The Morgan fingerprint density at radius 1 is 1.13 bits per heavy atom. The van der Waals surface area contributed by atoms with Gasteiger partial charge in [0, 0.05) is 60.3 Å². The lowest BCUT2D eigenvalue weighted by Gasteiger charge is -2.33. The summed E-state index contributed by atoms with van der Waals surface area (Å²) in [5, 5.41) is 14.4. The molecular formula is C27H28F3N7O2. The number of likely N-dealkylation sites (tertiary alicyclic amines) is 1. The number of rotatable bonds is 7. The Balaban J connectivity index is 1.48. The zero-order valence-corrected chi connectivity index (χ0v) is 21.2. The maximum absolute atomic E-state index is 12.9. The smallest absolute Gasteiger partial charge is 0.382 e. The minimum absolute atomic E-state index is 0.0630. The fourth-order valence-corrected chi connectivity index (χ4v) is 4.43. The summed E-state index contributed by atoms with van der Waals surface area (Å²) >= 11 is 0. The summed E-state index contributed by atoms with van der Waals surface area (Å²) in [6, 6.07) is 9.50. The van der Waals surface area contributed by atoms with Crippen LogP contribution in [0, 0.1) is 11.3 Å². The zero-order valence-electron chi connectivity index (χ0n) is 21.2. The molecule has 39 heavy (non-hydrogen) atoms. The summed E-state index contributed by atoms with van der Waals surface area (Å²) in [5.41, 5.74) is 7.36. The standard InChI is InChI=1S/C27H28F3N7O2/c1-2-22(38)37-13-3-4-17(15-37)23(31)20-10-12-34-25(32)24(20)35-19-7-5-16(6-8-19)26(39)36-21-14-18(9-11-33-21)27(28,29)30/h5-12,14,17,31,35H,2-4,13,15H2,1H3,(H2,32,34)(H,33,36,39)/t17-/m1/s1. The van der Waals surface area contributed by atoms with Crippen LogP contribution < -0.4 is 16.4 Å². The van der Waals surface area contributed by atoms with Gasteiger partial charge in [-0.05, 0) is 55.3 Å². The van der Waals surface area contributed by atoms with E-state index in [0.717, 1.165) is 31.2 Å². The molecule has 0 unspecified atom stereocenters. The number of nitrogen functional groups attached to an aromatic ring is 1. The molecular weight excluding hydrogens is 511 g/mol. The molecule has 1 fully saturated rings. The number of anilines is 4. The SMILES string of the molecule is CCC(=O)N1CCC[C@@H](C(=N)c2ccnc(N)c2Nc2ccc(C(=O)Nc3cc(C(F)(F)F)ccn3)cc2)C1. The number of piperidine rings is 1. The molecule has 0 saturated carbocycles. The van der Waals surface area contributed by atoms with Gasteiger partial charge in [-0.2, -0.15) is 13.2 Å². The lowest BCUT2D eigenvalue weighted by atomic mass is 9.88. The number of nitrogens with two attached hydrogens (primary N) is 1. The number of nitrogens with zero attached hydrogens (tertiary/aromatic N) is 3. The van der Waals surface area contributed by atoms with Crippen molar-refractivity contribution < 1.29 is 22.8 Å². The molecule has 5 N–H and O–H groups in total. The zero-order chi connectivity index (χ0) is 28.2. The average Bonchev–Trinajstić information content (AvgIpc) is 2.93. The molecule has 1 aliphatic rings. The minimum Gasteiger partial charge on any atom is -0.382 e. The van der Waals surface area contributed by atoms with Crippen LogP contribution in [0.3, 0.4) is 0 Å². The number of carbonyl (C=O) groups is 2. The number of pyridine rings is 2. The maximum atomic E-state index is 12.9. The van der Waals surface area contributed by atoms with Crippen molar-refractivity contribution in [3.8, 4) is 0 Å². The van der Waals surface area contributed by atoms with Crippen LogP contribution in [0.4, 0.5) is 36.2 Å². The van der Waals surface area contributed by atoms with Crippen molar-refractivity contribution in [1.29, 1.82) is 5.41 Å². The predicted molar refractivity (Wildman–Crippen MR) is 142 cm³/mol. The van der Waals surface area contributed by atoms with Gasteiger partial charge >= 0.3 is 6.18 Å². The molecule has 1 aliphatic heterocycles. The third-order valence-corrected chi connectivity index (χ3v) is 6.50. The number of alkyl halides is 3. The van der Waals surface area contributed by atoms with Gasteiger partial charge in [-0.25, -0.2) is 9.97 Å². The second-order valence-corrected chi connectivity index (χ2v) is 9.15. The van der Waals surface area contributed by atoms with Crippen LogP contribution in [0.2, 0.25) is 0 Å². The van der Waals surface area contributed by atoms with Gasteiger partial charge in [0.25, 0.3) is 5.91 Å². The highest BCUT2D eigenvalue weighted by atomic mass is 19.4. The third-order valence-electron chi connectivity index (χ3n) is 6.50. The van der Waals surface area contributed by atoms with Crippen LogP contribution in [0.5, 0.6) is 0 Å². The minimum atomic E-state index is -4.55. The number of halogens is 3. The first-order chi connectivity index (χ1) is 18.6. The van der Waals surface area contributed by atoms with Gasteiger partial charge in [-0.1, -0.05) is 6.92 Å². The van der Waals surface area contributed by atoms with Gasteiger partial charge in [-0.3, -0.25) is 9.59 Å². The first-order valence-corrected chi connectivity index (χ1v) is 12.4. The Labute approximate surface area is 223 Å². The molecule has 2 aromatic heterocycles. The van der Waals surface area contributed by atoms with E-state index in [1.54, 1.807) is 23.1 Å². The predicted octanol–water partition coefficient (Wildman–Crippen LogP) is 5.09. The number of hydrogen-bond acceptors (Lipinski definition) is 7. The van der Waals surface area contributed by atoms with E-state index in [1.807, 2.05) is 6.92 Å². The first kappa shape index (κ1) is 27.6. The van der Waals surface area contributed by atoms with Crippen LogP contribution in [0.25, 0.3) is 0 Å². The van der Waals surface area contributed by atoms with E-state index in [-0.39, 0.29) is 29.0 Å². The van der Waals surface area contributed by atoms with Crippen LogP contribution in [0.1, 0.15) is 47.7 Å². The summed E-state index contributed by atoms with van der Waals surface area (Å²) in [7, 11) is 0. The Bertz CT molecular complexity index is 1380. The van der Waals surface area contributed by atoms with Crippen molar-refractivity contribution in [2.45, 2.75) is 32.4 Å². The molecule has 1 atom stereocenters. The van der Waals surface area contributed by atoms with E-state index in [1.165, 1.54) is 18.3 Å². The highest BCUT2D eigenvalue weighted by Gasteiger charge is 2.31. The Hall–Kier alpha value is -4.48. The van der Waals surface area contributed by atoms with E-state index in [9.17, 15) is 22.8 Å². The van der Waals surface area contributed by atoms with E-state index in [2.05, 4.69) is 20.6 Å². The Kier molecular flexibility index (Phi) is 8.12. The molecule has 1 aromatic carbocycles. The van der Waals surface area contributed by atoms with E-state index < -0.39 is 17.6 Å². The first-order valence-electron chi connectivity index (χ1n) is 12.4. The monoisotopic (exact) mass is 539 g/mol. The maximum Gasteiger partial charge on any atom is 0.416 e. The number of aromatic nitrogens is 2. The van der Waals surface area contributed by atoms with Gasteiger partial charge in [-0.15, -0.1) is 0 Å². The van der Waals surface area contributed by atoms with Crippen molar-refractivity contribution >= 4 is 40.5 Å². The molecule has 4 rings (SSSR count). The summed E-state index contributed by atoms with van der Waals surface area (Å²) in [6.07, 6.45) is -0.0506. The number of carbonyl (C=O) groups excluding carboxylic acids is 2. The number of benzene rings is 1. The number of hydrogen-bond donors (Lipinski definition) is 4. The molecule has 0 aliphatic carbocycles. The van der Waals surface area contributed by atoms with Crippen LogP contribution in [-0.2, 0) is 11.0 Å². The normalized spacial score (nSPS) is 15.5. The molecule has 2 amide bonds. The largest absolute Gasteiger partial charge is 0.416 e. The topological polar surface area (TPSA) is 137 Å². The van der Waals surface area contributed by atoms with Crippen molar-refractivity contribution in [2.75, 3.05) is 29.5 Å². The molecule has 1 saturated heterocycles. The Morgan fingerprint density at radius 2 is 1.85 bits per heavy atom. The third kappa shape index (κ3) is 6.51. The fourth-order valence-electron chi connectivity index (χ4n) is 4.43. The molecule has 9 nitrogen and oxygen atoms in total. The highest BCUT2D eigenvalue weighted by Crippen LogP contribution is 2.31. The summed E-state index contributed by atoms with van der Waals surface area (Å²) in [4.78, 5) is 34.5. The van der Waals surface area contributed by atoms with Crippen LogP contribution in [0.15, 0.2) is 54.9 Å². The van der Waals surface area contributed by atoms with Crippen molar-refractivity contribution in [2.24, 2.45) is 5.92 Å². The lowest BCUT2D eigenvalue weighted by Crippen LogP contribution is -2.42. The van der Waals surface area contributed by atoms with Gasteiger partial charge in [0.15, 0.2) is 0 Å². The molecule has 0 spiro atoms. The quantitative estimate of drug-likeness (QED) is 0.309. The number of amides is 2. The molecule has 0 bridgehead atoms. The molecule has 204 valence electrons. The second-order valence-electron chi connectivity index (χ2n) is 9.15. The second kappa shape index (κ2) is 11.5. The molecule has 3 aromatic rings. The summed E-state index contributed by atoms with van der Waals surface area (Å²) in [5.74, 6) is -0.738. The van der Waals surface area contributed by atoms with E-state index in [4.69, 9.17) is 11.1 Å². The lowest BCUT2D eigenvalue weighted by molar-refractivity contribution is -0.137. The van der Waals surface area contributed by atoms with Crippen molar-refractivity contribution in [3.05, 3.63) is 71.5 Å². The number of nitrogens with one attached hydrogen (secondary N) is 3. The molecule has 3 heterocycles. The highest BCUT2D eigenvalue weighted by molar-refractivity contribution is 6.07. The summed E-state index contributed by atoms with van der Waals surface area (Å²) < 4.78 is 38.8. The van der Waals surface area contributed by atoms with E-state index >= 15 is 0 Å². The average molecular weight is 540 g/mol. The van der Waals surface area contributed by atoms with E-state index in [0.29, 0.717) is 42.2 Å². The summed E-state index contributed by atoms with van der Waals surface area (Å²) in [6.45, 7) is 2.97. The van der Waals surface area contributed by atoms with Gasteiger partial charge in [0.05, 0.1) is 11.3 Å². The van der Waals surface area contributed by atoms with Gasteiger partial charge in [0.1, 0.15) is 11.6 Å². The fraction of sp³-hybridized carbons (Fsp3) is 0.296. The Morgan fingerprint density at radius 3 is 2.54 bits per heavy atom. The molecule has 0 radical (unpaired) electrons. The molecule has 12 heteroatoms. The van der Waals surface area contributed by atoms with Gasteiger partial charge in [0.2, 0.25) is 5.91 Å². The van der Waals surface area contributed by atoms with Gasteiger partial charge < -0.3 is 26.7 Å². The van der Waals surface area contributed by atoms with Crippen LogP contribution in [-0.4, -0.2) is 45.5 Å². The van der Waals surface area contributed by atoms with Crippen molar-refractivity contribution in [3.63, 3.8) is 0 Å².